The Morgan fingerprint density at radius 1 is 1.41 bits per heavy atom. The summed E-state index contributed by atoms with van der Waals surface area (Å²) in [6, 6.07) is 5.22. The van der Waals surface area contributed by atoms with Crippen molar-refractivity contribution in [3.63, 3.8) is 0 Å². The number of thioether (sulfide) groups is 1. The molecule has 1 N–H and O–H groups in total. The van der Waals surface area contributed by atoms with Crippen molar-refractivity contribution in [1.82, 2.24) is 4.72 Å². The first kappa shape index (κ1) is 15.0. The topological polar surface area (TPSA) is 46.2 Å². The lowest BCUT2D eigenvalue weighted by Crippen LogP contribution is -2.25. The number of benzene rings is 1. The van der Waals surface area contributed by atoms with Gasteiger partial charge in [0.25, 0.3) is 0 Å². The van der Waals surface area contributed by atoms with Gasteiger partial charge in [-0.1, -0.05) is 6.07 Å². The quantitative estimate of drug-likeness (QED) is 0.812. The van der Waals surface area contributed by atoms with Crippen LogP contribution in [0, 0.1) is 6.92 Å². The van der Waals surface area contributed by atoms with Gasteiger partial charge >= 0.3 is 0 Å². The van der Waals surface area contributed by atoms with Crippen molar-refractivity contribution < 1.29 is 8.42 Å². The van der Waals surface area contributed by atoms with Crippen molar-refractivity contribution >= 4 is 37.7 Å². The predicted molar refractivity (Wildman–Crippen MR) is 77.1 cm³/mol. The Bertz CT molecular complexity index is 474. The molecule has 17 heavy (non-hydrogen) atoms. The predicted octanol–water partition coefficient (Wildman–Crippen LogP) is 2.79. The molecule has 96 valence electrons. The van der Waals surface area contributed by atoms with Crippen molar-refractivity contribution in [2.24, 2.45) is 0 Å². The molecule has 0 saturated heterocycles. The van der Waals surface area contributed by atoms with E-state index >= 15 is 0 Å². The van der Waals surface area contributed by atoms with E-state index in [-0.39, 0.29) is 0 Å². The van der Waals surface area contributed by atoms with Gasteiger partial charge in [0.05, 0.1) is 4.90 Å². The lowest BCUT2D eigenvalue weighted by Gasteiger charge is -2.08. The Labute approximate surface area is 116 Å². The van der Waals surface area contributed by atoms with Crippen LogP contribution >= 0.6 is 27.7 Å². The summed E-state index contributed by atoms with van der Waals surface area (Å²) in [7, 11) is -3.39. The summed E-state index contributed by atoms with van der Waals surface area (Å²) in [5.41, 5.74) is 1.03. The third kappa shape index (κ3) is 4.62. The number of halogens is 1. The maximum Gasteiger partial charge on any atom is 0.241 e. The molecule has 0 aliphatic carbocycles. The van der Waals surface area contributed by atoms with Gasteiger partial charge in [-0.05, 0) is 59.0 Å². The summed E-state index contributed by atoms with van der Waals surface area (Å²) in [4.78, 5) is 0.298. The molecule has 0 atom stereocenters. The van der Waals surface area contributed by atoms with Gasteiger partial charge < -0.3 is 0 Å². The van der Waals surface area contributed by atoms with E-state index in [4.69, 9.17) is 0 Å². The van der Waals surface area contributed by atoms with Crippen LogP contribution in [0.4, 0.5) is 0 Å². The molecule has 1 rings (SSSR count). The summed E-state index contributed by atoms with van der Waals surface area (Å²) < 4.78 is 27.2. The first-order valence-corrected chi connectivity index (χ1v) is 8.89. The van der Waals surface area contributed by atoms with E-state index in [0.717, 1.165) is 17.7 Å². The first-order chi connectivity index (χ1) is 7.97. The first-order valence-electron chi connectivity index (χ1n) is 5.22. The van der Waals surface area contributed by atoms with Crippen molar-refractivity contribution in [1.29, 1.82) is 0 Å². The molecule has 1 aromatic rings. The molecule has 0 aliphatic heterocycles. The molecule has 0 bridgehead atoms. The summed E-state index contributed by atoms with van der Waals surface area (Å²) >= 11 is 4.99. The van der Waals surface area contributed by atoms with E-state index in [0.29, 0.717) is 15.9 Å². The Balaban J connectivity index is 2.76. The van der Waals surface area contributed by atoms with Crippen LogP contribution in [0.15, 0.2) is 27.6 Å². The van der Waals surface area contributed by atoms with Gasteiger partial charge in [-0.3, -0.25) is 0 Å². The monoisotopic (exact) mass is 337 g/mol. The average Bonchev–Trinajstić information content (AvgIpc) is 2.24. The van der Waals surface area contributed by atoms with E-state index < -0.39 is 10.0 Å². The maximum absolute atomic E-state index is 12.0. The minimum absolute atomic E-state index is 0.298. The SMILES string of the molecule is CSCCCNS(=O)(=O)c1ccc(C)cc1Br. The molecule has 0 saturated carbocycles. The second-order valence-electron chi connectivity index (χ2n) is 3.68. The van der Waals surface area contributed by atoms with Gasteiger partial charge in [0, 0.05) is 11.0 Å². The molecular weight excluding hydrogens is 322 g/mol. The van der Waals surface area contributed by atoms with Gasteiger partial charge in [0.1, 0.15) is 0 Å². The number of nitrogens with one attached hydrogen (secondary N) is 1. The molecule has 3 nitrogen and oxygen atoms in total. The fourth-order valence-electron chi connectivity index (χ4n) is 1.32. The minimum Gasteiger partial charge on any atom is -0.211 e. The maximum atomic E-state index is 12.0. The van der Waals surface area contributed by atoms with Crippen LogP contribution in [0.5, 0.6) is 0 Å². The highest BCUT2D eigenvalue weighted by molar-refractivity contribution is 9.10. The zero-order valence-corrected chi connectivity index (χ0v) is 13.1. The molecule has 0 heterocycles. The molecule has 1 aromatic carbocycles. The zero-order valence-electron chi connectivity index (χ0n) is 9.86. The van der Waals surface area contributed by atoms with E-state index in [1.165, 1.54) is 0 Å². The molecule has 0 spiro atoms. The van der Waals surface area contributed by atoms with Crippen LogP contribution in [0.2, 0.25) is 0 Å². The van der Waals surface area contributed by atoms with Crippen molar-refractivity contribution in [3.05, 3.63) is 28.2 Å². The Morgan fingerprint density at radius 2 is 2.12 bits per heavy atom. The standard InChI is InChI=1S/C11H16BrNO2S2/c1-9-4-5-11(10(12)8-9)17(14,15)13-6-3-7-16-2/h4-5,8,13H,3,6-7H2,1-2H3. The molecular formula is C11H16BrNO2S2. The fraction of sp³-hybridized carbons (Fsp3) is 0.455. The second-order valence-corrected chi connectivity index (χ2v) is 7.25. The van der Waals surface area contributed by atoms with Gasteiger partial charge in [-0.25, -0.2) is 13.1 Å². The third-order valence-corrected chi connectivity index (χ3v) is 5.33. The highest BCUT2D eigenvalue weighted by atomic mass is 79.9. The van der Waals surface area contributed by atoms with Crippen molar-refractivity contribution in [2.45, 2.75) is 18.2 Å². The summed E-state index contributed by atoms with van der Waals surface area (Å²) in [5.74, 6) is 0.956. The Hall–Kier alpha value is -0.0400. The number of aryl methyl sites for hydroxylation is 1. The third-order valence-electron chi connectivity index (χ3n) is 2.19. The van der Waals surface area contributed by atoms with Gasteiger partial charge in [-0.2, -0.15) is 11.8 Å². The molecule has 0 amide bonds. The van der Waals surface area contributed by atoms with Crippen molar-refractivity contribution in [2.75, 3.05) is 18.6 Å². The van der Waals surface area contributed by atoms with E-state index in [2.05, 4.69) is 20.7 Å². The van der Waals surface area contributed by atoms with Gasteiger partial charge in [-0.15, -0.1) is 0 Å². The minimum atomic E-state index is -3.39. The van der Waals surface area contributed by atoms with Crippen LogP contribution in [-0.4, -0.2) is 27.0 Å². The van der Waals surface area contributed by atoms with Crippen molar-refractivity contribution in [3.8, 4) is 0 Å². The molecule has 0 unspecified atom stereocenters. The Morgan fingerprint density at radius 3 is 2.71 bits per heavy atom. The van der Waals surface area contributed by atoms with Crippen LogP contribution in [0.3, 0.4) is 0 Å². The molecule has 0 aliphatic rings. The highest BCUT2D eigenvalue weighted by Gasteiger charge is 2.16. The van der Waals surface area contributed by atoms with Gasteiger partial charge in [0.2, 0.25) is 10.0 Å². The van der Waals surface area contributed by atoms with Gasteiger partial charge in [0.15, 0.2) is 0 Å². The average molecular weight is 338 g/mol. The largest absolute Gasteiger partial charge is 0.241 e. The van der Waals surface area contributed by atoms with Crippen LogP contribution in [0.1, 0.15) is 12.0 Å². The number of hydrogen-bond donors (Lipinski definition) is 1. The smallest absolute Gasteiger partial charge is 0.211 e. The van der Waals surface area contributed by atoms with E-state index in [1.807, 2.05) is 13.2 Å². The number of rotatable bonds is 6. The number of sulfonamides is 1. The highest BCUT2D eigenvalue weighted by Crippen LogP contribution is 2.22. The molecule has 0 fully saturated rings. The Kier molecular flexibility index (Phi) is 5.99. The lowest BCUT2D eigenvalue weighted by molar-refractivity contribution is 0.580. The van der Waals surface area contributed by atoms with Crippen LogP contribution in [-0.2, 0) is 10.0 Å². The fourth-order valence-corrected chi connectivity index (χ4v) is 4.02. The summed E-state index contributed by atoms with van der Waals surface area (Å²) in [5, 5.41) is 0. The van der Waals surface area contributed by atoms with Crippen LogP contribution < -0.4 is 4.72 Å². The molecule has 0 radical (unpaired) electrons. The summed E-state index contributed by atoms with van der Waals surface area (Å²) in [6.45, 7) is 2.40. The van der Waals surface area contributed by atoms with E-state index in [1.54, 1.807) is 30.0 Å². The lowest BCUT2D eigenvalue weighted by atomic mass is 10.2. The molecule has 6 heteroatoms. The zero-order chi connectivity index (χ0) is 12.9. The van der Waals surface area contributed by atoms with Crippen LogP contribution in [0.25, 0.3) is 0 Å². The second kappa shape index (κ2) is 6.78. The number of hydrogen-bond acceptors (Lipinski definition) is 3. The summed E-state index contributed by atoms with van der Waals surface area (Å²) in [6.07, 6.45) is 2.84. The van der Waals surface area contributed by atoms with E-state index in [9.17, 15) is 8.42 Å². The molecule has 0 aromatic heterocycles. The normalized spacial score (nSPS) is 11.7.